The molecule has 0 saturated heterocycles. The van der Waals surface area contributed by atoms with Crippen LogP contribution in [0.1, 0.15) is 6.42 Å². The standard InChI is InChI=1S/C13H14BrN3OS2/c1-17(10(18)5-7-19-2)13-11(14)16-12(20-13)9-4-3-6-15-8-9/h3-4,6,8H,5,7H2,1-2H3. The van der Waals surface area contributed by atoms with Gasteiger partial charge in [0.05, 0.1) is 0 Å². The van der Waals surface area contributed by atoms with Gasteiger partial charge in [0.25, 0.3) is 0 Å². The highest BCUT2D eigenvalue weighted by Gasteiger charge is 2.18. The summed E-state index contributed by atoms with van der Waals surface area (Å²) >= 11 is 6.58. The van der Waals surface area contributed by atoms with Gasteiger partial charge in [0.1, 0.15) is 14.6 Å². The fourth-order valence-corrected chi connectivity index (χ4v) is 3.69. The van der Waals surface area contributed by atoms with Gasteiger partial charge in [0, 0.05) is 37.2 Å². The van der Waals surface area contributed by atoms with Gasteiger partial charge in [-0.1, -0.05) is 11.3 Å². The topological polar surface area (TPSA) is 46.1 Å². The van der Waals surface area contributed by atoms with Crippen LogP contribution in [0.5, 0.6) is 0 Å². The van der Waals surface area contributed by atoms with Crippen molar-refractivity contribution in [1.29, 1.82) is 0 Å². The highest BCUT2D eigenvalue weighted by Crippen LogP contribution is 2.37. The van der Waals surface area contributed by atoms with Gasteiger partial charge in [-0.3, -0.25) is 9.78 Å². The first kappa shape index (κ1) is 15.5. The SMILES string of the molecule is CSCCC(=O)N(C)c1sc(-c2cccnc2)nc1Br. The van der Waals surface area contributed by atoms with E-state index in [0.29, 0.717) is 11.0 Å². The maximum atomic E-state index is 12.1. The molecule has 20 heavy (non-hydrogen) atoms. The summed E-state index contributed by atoms with van der Waals surface area (Å²) in [5.41, 5.74) is 0.953. The van der Waals surface area contributed by atoms with Crippen molar-refractivity contribution in [3.63, 3.8) is 0 Å². The largest absolute Gasteiger partial charge is 0.305 e. The van der Waals surface area contributed by atoms with Crippen LogP contribution in [0.25, 0.3) is 10.6 Å². The molecule has 0 atom stereocenters. The summed E-state index contributed by atoms with van der Waals surface area (Å²) in [6.07, 6.45) is 6.02. The lowest BCUT2D eigenvalue weighted by atomic mass is 10.3. The number of rotatable bonds is 5. The van der Waals surface area contributed by atoms with Crippen molar-refractivity contribution in [1.82, 2.24) is 9.97 Å². The number of halogens is 1. The smallest absolute Gasteiger partial charge is 0.228 e. The second kappa shape index (κ2) is 7.19. The zero-order chi connectivity index (χ0) is 14.5. The minimum absolute atomic E-state index is 0.0986. The third-order valence-electron chi connectivity index (χ3n) is 2.68. The van der Waals surface area contributed by atoms with Crippen LogP contribution < -0.4 is 4.90 Å². The first-order valence-electron chi connectivity index (χ1n) is 5.95. The maximum Gasteiger partial charge on any atom is 0.228 e. The molecule has 0 aliphatic rings. The van der Waals surface area contributed by atoms with E-state index in [1.54, 1.807) is 36.1 Å². The third-order valence-corrected chi connectivity index (χ3v) is 5.29. The first-order chi connectivity index (χ1) is 9.63. The Bertz CT molecular complexity index is 589. The molecule has 0 N–H and O–H groups in total. The van der Waals surface area contributed by atoms with Crippen molar-refractivity contribution in [2.45, 2.75) is 6.42 Å². The summed E-state index contributed by atoms with van der Waals surface area (Å²) in [5, 5.41) is 1.68. The van der Waals surface area contributed by atoms with Crippen molar-refractivity contribution >= 4 is 49.9 Å². The summed E-state index contributed by atoms with van der Waals surface area (Å²) in [6, 6.07) is 3.83. The second-order valence-corrected chi connectivity index (χ2v) is 6.77. The van der Waals surface area contributed by atoms with Gasteiger partial charge in [0.2, 0.25) is 5.91 Å². The number of hydrogen-bond donors (Lipinski definition) is 0. The Morgan fingerprint density at radius 2 is 2.35 bits per heavy atom. The maximum absolute atomic E-state index is 12.1. The Balaban J connectivity index is 2.21. The van der Waals surface area contributed by atoms with Crippen LogP contribution in [0, 0.1) is 0 Å². The molecule has 0 aromatic carbocycles. The molecule has 7 heteroatoms. The Hall–Kier alpha value is -0.920. The third kappa shape index (κ3) is 3.59. The van der Waals surface area contributed by atoms with E-state index in [1.807, 2.05) is 18.4 Å². The van der Waals surface area contributed by atoms with Crippen molar-refractivity contribution in [2.75, 3.05) is 24.0 Å². The van der Waals surface area contributed by atoms with E-state index in [0.717, 1.165) is 21.3 Å². The van der Waals surface area contributed by atoms with Crippen LogP contribution in [-0.2, 0) is 4.79 Å². The number of nitrogens with zero attached hydrogens (tertiary/aromatic N) is 3. The Kier molecular flexibility index (Phi) is 5.56. The van der Waals surface area contributed by atoms with E-state index in [-0.39, 0.29) is 5.91 Å². The van der Waals surface area contributed by atoms with E-state index in [9.17, 15) is 4.79 Å². The average molecular weight is 372 g/mol. The lowest BCUT2D eigenvalue weighted by molar-refractivity contribution is -0.117. The van der Waals surface area contributed by atoms with E-state index in [2.05, 4.69) is 25.9 Å². The molecule has 2 aromatic rings. The average Bonchev–Trinajstić information content (AvgIpc) is 2.87. The van der Waals surface area contributed by atoms with Crippen molar-refractivity contribution in [3.8, 4) is 10.6 Å². The molecule has 2 aromatic heterocycles. The normalized spacial score (nSPS) is 10.6. The molecule has 0 aliphatic heterocycles. The number of carbonyl (C=O) groups is 1. The summed E-state index contributed by atoms with van der Waals surface area (Å²) in [7, 11) is 1.79. The number of thioether (sulfide) groups is 1. The fraction of sp³-hybridized carbons (Fsp3) is 0.308. The molecule has 0 fully saturated rings. The molecule has 106 valence electrons. The summed E-state index contributed by atoms with van der Waals surface area (Å²) in [6.45, 7) is 0. The number of carbonyl (C=O) groups excluding carboxylic acids is 1. The number of anilines is 1. The van der Waals surface area contributed by atoms with Gasteiger partial charge >= 0.3 is 0 Å². The Morgan fingerprint density at radius 1 is 1.55 bits per heavy atom. The minimum atomic E-state index is 0.0986. The van der Waals surface area contributed by atoms with Gasteiger partial charge in [-0.25, -0.2) is 4.98 Å². The number of pyridine rings is 1. The number of aromatic nitrogens is 2. The van der Waals surface area contributed by atoms with E-state index in [4.69, 9.17) is 0 Å². The van der Waals surface area contributed by atoms with Crippen LogP contribution in [-0.4, -0.2) is 34.9 Å². The summed E-state index contributed by atoms with van der Waals surface area (Å²) in [5.74, 6) is 0.927. The predicted octanol–water partition coefficient (Wildman–Crippen LogP) is 3.68. The second-order valence-electron chi connectivity index (χ2n) is 4.05. The molecule has 0 spiro atoms. The zero-order valence-electron chi connectivity index (χ0n) is 11.2. The molecule has 2 heterocycles. The van der Waals surface area contributed by atoms with Crippen LogP contribution in [0.3, 0.4) is 0 Å². The number of hydrogen-bond acceptors (Lipinski definition) is 5. The molecular formula is C13H14BrN3OS2. The van der Waals surface area contributed by atoms with Gasteiger partial charge in [-0.2, -0.15) is 11.8 Å². The number of thiazole rings is 1. The monoisotopic (exact) mass is 371 g/mol. The van der Waals surface area contributed by atoms with Gasteiger partial charge in [0.15, 0.2) is 0 Å². The van der Waals surface area contributed by atoms with Crippen LogP contribution in [0.2, 0.25) is 0 Å². The lowest BCUT2D eigenvalue weighted by Crippen LogP contribution is -2.25. The van der Waals surface area contributed by atoms with Gasteiger partial charge < -0.3 is 4.90 Å². The van der Waals surface area contributed by atoms with Crippen LogP contribution in [0.4, 0.5) is 5.00 Å². The Labute approximate surface area is 134 Å². The van der Waals surface area contributed by atoms with Crippen molar-refractivity contribution < 1.29 is 4.79 Å². The van der Waals surface area contributed by atoms with Crippen molar-refractivity contribution in [2.24, 2.45) is 0 Å². The molecule has 0 bridgehead atoms. The summed E-state index contributed by atoms with van der Waals surface area (Å²) < 4.78 is 0.696. The van der Waals surface area contributed by atoms with Crippen molar-refractivity contribution in [3.05, 3.63) is 29.1 Å². The zero-order valence-corrected chi connectivity index (χ0v) is 14.4. The molecular weight excluding hydrogens is 358 g/mol. The quantitative estimate of drug-likeness (QED) is 0.803. The van der Waals surface area contributed by atoms with E-state index < -0.39 is 0 Å². The van der Waals surface area contributed by atoms with E-state index >= 15 is 0 Å². The van der Waals surface area contributed by atoms with Gasteiger partial charge in [-0.05, 0) is 34.3 Å². The molecule has 4 nitrogen and oxygen atoms in total. The summed E-state index contributed by atoms with van der Waals surface area (Å²) in [4.78, 5) is 22.3. The van der Waals surface area contributed by atoms with Crippen LogP contribution in [0.15, 0.2) is 29.1 Å². The highest BCUT2D eigenvalue weighted by atomic mass is 79.9. The molecule has 2 rings (SSSR count). The molecule has 0 unspecified atom stereocenters. The molecule has 0 saturated carbocycles. The number of amides is 1. The predicted molar refractivity (Wildman–Crippen MR) is 89.5 cm³/mol. The molecule has 0 radical (unpaired) electrons. The lowest BCUT2D eigenvalue weighted by Gasteiger charge is -2.14. The highest BCUT2D eigenvalue weighted by molar-refractivity contribution is 9.10. The van der Waals surface area contributed by atoms with E-state index in [1.165, 1.54) is 11.3 Å². The molecule has 1 amide bonds. The minimum Gasteiger partial charge on any atom is -0.305 e. The van der Waals surface area contributed by atoms with Gasteiger partial charge in [-0.15, -0.1) is 0 Å². The fourth-order valence-electron chi connectivity index (χ4n) is 1.58. The molecule has 0 aliphatic carbocycles. The Morgan fingerprint density at radius 3 is 3.00 bits per heavy atom. The first-order valence-corrected chi connectivity index (χ1v) is 8.96. The van der Waals surface area contributed by atoms with Crippen LogP contribution >= 0.6 is 39.0 Å².